The first kappa shape index (κ1) is 26.9. The number of hydrogen-bond acceptors (Lipinski definition) is 4. The normalized spacial score (nSPS) is 18.2. The zero-order valence-corrected chi connectivity index (χ0v) is 23.0. The van der Waals surface area contributed by atoms with E-state index in [1.54, 1.807) is 0 Å². The fourth-order valence-corrected chi connectivity index (χ4v) is 5.51. The summed E-state index contributed by atoms with van der Waals surface area (Å²) in [7, 11) is 0. The number of nitrogens with zero attached hydrogens (tertiary/aromatic N) is 3. The van der Waals surface area contributed by atoms with Crippen LogP contribution in [0.1, 0.15) is 55.0 Å². The summed E-state index contributed by atoms with van der Waals surface area (Å²) in [6.07, 6.45) is 2.68. The van der Waals surface area contributed by atoms with E-state index in [0.717, 1.165) is 29.2 Å². The number of carbonyl (C=O) groups excluding carboxylic acids is 1. The van der Waals surface area contributed by atoms with Crippen LogP contribution in [0.2, 0.25) is 0 Å². The van der Waals surface area contributed by atoms with Gasteiger partial charge in [-0.15, -0.1) is 0 Å². The van der Waals surface area contributed by atoms with Gasteiger partial charge in [-0.25, -0.2) is 4.98 Å². The summed E-state index contributed by atoms with van der Waals surface area (Å²) in [5, 5.41) is 14.8. The Labute approximate surface area is 231 Å². The first-order valence-corrected chi connectivity index (χ1v) is 13.7. The van der Waals surface area contributed by atoms with Gasteiger partial charge in [-0.1, -0.05) is 99.6 Å². The van der Waals surface area contributed by atoms with Gasteiger partial charge in [0, 0.05) is 30.4 Å². The maximum absolute atomic E-state index is 14.2. The molecule has 3 aromatic carbocycles. The van der Waals surface area contributed by atoms with E-state index in [4.69, 9.17) is 4.98 Å². The molecule has 0 spiro atoms. The Morgan fingerprint density at radius 1 is 1.00 bits per heavy atom. The van der Waals surface area contributed by atoms with E-state index in [9.17, 15) is 9.90 Å². The van der Waals surface area contributed by atoms with Crippen molar-refractivity contribution in [2.75, 3.05) is 19.6 Å². The third-order valence-corrected chi connectivity index (χ3v) is 7.42. The van der Waals surface area contributed by atoms with Crippen LogP contribution in [0.25, 0.3) is 11.3 Å². The van der Waals surface area contributed by atoms with Crippen LogP contribution >= 0.6 is 0 Å². The standard InChI is InChI=1S/C33H38N4O2/c1-32(2,3)29(37(24-33(39)19-20-34-23-33)31(38)27-17-11-6-12-18-27)30-35-28(26-15-9-5-10-16-26)22-36(30)21-25-13-7-4-8-14-25/h4-18,22,29,34,39H,19-21,23-24H2,1-3H3. The molecule has 39 heavy (non-hydrogen) atoms. The summed E-state index contributed by atoms with van der Waals surface area (Å²) < 4.78 is 2.18. The number of imidazole rings is 1. The van der Waals surface area contributed by atoms with Gasteiger partial charge in [-0.05, 0) is 36.1 Å². The van der Waals surface area contributed by atoms with E-state index in [2.05, 4.69) is 61.1 Å². The highest BCUT2D eigenvalue weighted by Gasteiger charge is 2.43. The molecular formula is C33H38N4O2. The molecule has 2 N–H and O–H groups in total. The van der Waals surface area contributed by atoms with Gasteiger partial charge < -0.3 is 19.9 Å². The second-order valence-electron chi connectivity index (χ2n) is 11.7. The fourth-order valence-electron chi connectivity index (χ4n) is 5.51. The van der Waals surface area contributed by atoms with Crippen molar-refractivity contribution in [2.24, 2.45) is 5.41 Å². The molecule has 1 saturated heterocycles. The van der Waals surface area contributed by atoms with Crippen molar-refractivity contribution in [3.05, 3.63) is 114 Å². The lowest BCUT2D eigenvalue weighted by Crippen LogP contribution is -2.51. The molecule has 2 atom stereocenters. The molecule has 0 aliphatic carbocycles. The van der Waals surface area contributed by atoms with Crippen molar-refractivity contribution in [1.82, 2.24) is 19.8 Å². The molecule has 1 fully saturated rings. The van der Waals surface area contributed by atoms with Gasteiger partial charge in [-0.3, -0.25) is 4.79 Å². The summed E-state index contributed by atoms with van der Waals surface area (Å²) in [4.78, 5) is 21.3. The van der Waals surface area contributed by atoms with E-state index >= 15 is 0 Å². The van der Waals surface area contributed by atoms with Crippen LogP contribution in [0.15, 0.2) is 97.2 Å². The maximum atomic E-state index is 14.2. The van der Waals surface area contributed by atoms with Crippen molar-refractivity contribution in [1.29, 1.82) is 0 Å². The average Bonchev–Trinajstić information content (AvgIpc) is 3.55. The number of amides is 1. The van der Waals surface area contributed by atoms with Gasteiger partial charge in [0.2, 0.25) is 0 Å². The van der Waals surface area contributed by atoms with E-state index in [0.29, 0.717) is 25.1 Å². The first-order valence-electron chi connectivity index (χ1n) is 13.7. The van der Waals surface area contributed by atoms with Gasteiger partial charge >= 0.3 is 0 Å². The molecule has 1 aliphatic rings. The smallest absolute Gasteiger partial charge is 0.254 e. The summed E-state index contributed by atoms with van der Waals surface area (Å²) in [5.41, 5.74) is 2.27. The van der Waals surface area contributed by atoms with E-state index in [-0.39, 0.29) is 17.9 Å². The van der Waals surface area contributed by atoms with Crippen molar-refractivity contribution in [2.45, 2.75) is 45.4 Å². The molecule has 1 aromatic heterocycles. The molecule has 1 aliphatic heterocycles. The zero-order chi connectivity index (χ0) is 27.5. The second kappa shape index (κ2) is 11.2. The van der Waals surface area contributed by atoms with Gasteiger partial charge in [0.15, 0.2) is 0 Å². The number of rotatable bonds is 8. The topological polar surface area (TPSA) is 70.4 Å². The number of nitrogens with one attached hydrogen (secondary N) is 1. The lowest BCUT2D eigenvalue weighted by atomic mass is 9.83. The Bertz CT molecular complexity index is 1370. The first-order chi connectivity index (χ1) is 18.7. The van der Waals surface area contributed by atoms with Crippen LogP contribution in [0.5, 0.6) is 0 Å². The van der Waals surface area contributed by atoms with Crippen molar-refractivity contribution in [3.8, 4) is 11.3 Å². The average molecular weight is 523 g/mol. The Morgan fingerprint density at radius 2 is 1.62 bits per heavy atom. The minimum Gasteiger partial charge on any atom is -0.387 e. The SMILES string of the molecule is CC(C)(C)C(c1nc(-c2ccccc2)cn1Cc1ccccc1)N(CC1(O)CCNC1)C(=O)c1ccccc1. The van der Waals surface area contributed by atoms with Gasteiger partial charge in [-0.2, -0.15) is 0 Å². The monoisotopic (exact) mass is 522 g/mol. The van der Waals surface area contributed by atoms with Gasteiger partial charge in [0.1, 0.15) is 5.82 Å². The van der Waals surface area contributed by atoms with Gasteiger partial charge in [0.05, 0.1) is 23.9 Å². The van der Waals surface area contributed by atoms with Crippen molar-refractivity contribution in [3.63, 3.8) is 0 Å². The third kappa shape index (κ3) is 6.13. The summed E-state index contributed by atoms with van der Waals surface area (Å²) in [6, 6.07) is 29.4. The minimum atomic E-state index is -1.01. The van der Waals surface area contributed by atoms with Crippen LogP contribution < -0.4 is 5.32 Å². The molecule has 1 amide bonds. The number of benzene rings is 3. The summed E-state index contributed by atoms with van der Waals surface area (Å²) in [5.74, 6) is 0.704. The molecule has 0 saturated carbocycles. The quantitative estimate of drug-likeness (QED) is 0.318. The molecule has 4 aromatic rings. The highest BCUT2D eigenvalue weighted by Crippen LogP contribution is 2.41. The number of β-amino-alcohol motifs (C(OH)–C–C–N with tert-alkyl or cyclic N) is 1. The van der Waals surface area contributed by atoms with Crippen LogP contribution in [-0.2, 0) is 6.54 Å². The van der Waals surface area contributed by atoms with E-state index in [1.165, 1.54) is 0 Å². The number of aliphatic hydroxyl groups is 1. The van der Waals surface area contributed by atoms with E-state index < -0.39 is 11.6 Å². The Hall–Kier alpha value is -3.74. The summed E-state index contributed by atoms with van der Waals surface area (Å²) >= 11 is 0. The van der Waals surface area contributed by atoms with Crippen LogP contribution in [-0.4, -0.2) is 50.7 Å². The predicted molar refractivity (Wildman–Crippen MR) is 155 cm³/mol. The molecular weight excluding hydrogens is 484 g/mol. The van der Waals surface area contributed by atoms with Crippen LogP contribution in [0.4, 0.5) is 0 Å². The lowest BCUT2D eigenvalue weighted by Gasteiger charge is -2.42. The van der Waals surface area contributed by atoms with Crippen molar-refractivity contribution < 1.29 is 9.90 Å². The molecule has 5 rings (SSSR count). The second-order valence-corrected chi connectivity index (χ2v) is 11.7. The molecule has 0 radical (unpaired) electrons. The third-order valence-electron chi connectivity index (χ3n) is 7.42. The Kier molecular flexibility index (Phi) is 7.69. The molecule has 2 heterocycles. The molecule has 202 valence electrons. The predicted octanol–water partition coefficient (Wildman–Crippen LogP) is 5.55. The highest BCUT2D eigenvalue weighted by atomic mass is 16.3. The Morgan fingerprint density at radius 3 is 2.21 bits per heavy atom. The van der Waals surface area contributed by atoms with Crippen LogP contribution in [0, 0.1) is 5.41 Å². The molecule has 2 unspecified atom stereocenters. The minimum absolute atomic E-state index is 0.105. The number of aromatic nitrogens is 2. The number of hydrogen-bond donors (Lipinski definition) is 2. The molecule has 0 bridgehead atoms. The summed E-state index contributed by atoms with van der Waals surface area (Å²) in [6.45, 7) is 8.45. The molecule has 6 nitrogen and oxygen atoms in total. The zero-order valence-electron chi connectivity index (χ0n) is 23.0. The number of carbonyl (C=O) groups is 1. The van der Waals surface area contributed by atoms with Crippen LogP contribution in [0.3, 0.4) is 0 Å². The van der Waals surface area contributed by atoms with Crippen molar-refractivity contribution >= 4 is 5.91 Å². The largest absolute Gasteiger partial charge is 0.387 e. The fraction of sp³-hybridized carbons (Fsp3) is 0.333. The highest BCUT2D eigenvalue weighted by molar-refractivity contribution is 5.94. The lowest BCUT2D eigenvalue weighted by molar-refractivity contribution is -0.0102. The van der Waals surface area contributed by atoms with E-state index in [1.807, 2.05) is 71.6 Å². The molecule has 6 heteroatoms. The van der Waals surface area contributed by atoms with Gasteiger partial charge in [0.25, 0.3) is 5.91 Å². The Balaban J connectivity index is 1.66. The maximum Gasteiger partial charge on any atom is 0.254 e.